The zero-order valence-corrected chi connectivity index (χ0v) is 7.69. The van der Waals surface area contributed by atoms with Crippen LogP contribution >= 0.6 is 0 Å². The first kappa shape index (κ1) is 17.4. The summed E-state index contributed by atoms with van der Waals surface area (Å²) in [6.07, 6.45) is -1.23. The second kappa shape index (κ2) is 16.7. The van der Waals surface area contributed by atoms with Gasteiger partial charge in [-0.2, -0.15) is 0 Å². The molecule has 0 bridgehead atoms. The molecular formula is C7H18O5. The fourth-order valence-corrected chi connectivity index (χ4v) is 0. The summed E-state index contributed by atoms with van der Waals surface area (Å²) in [5.74, 6) is -1.19. The predicted octanol–water partition coefficient (Wildman–Crippen LogP) is -0.551. The highest BCUT2D eigenvalue weighted by Crippen LogP contribution is 1.73. The lowest BCUT2D eigenvalue weighted by molar-refractivity contribution is -0.145. The Morgan fingerprint density at radius 3 is 1.33 bits per heavy atom. The SMILES string of the molecule is CC(O)C(=O)O.CCO.CCO. The topological polar surface area (TPSA) is 98.0 Å². The summed E-state index contributed by atoms with van der Waals surface area (Å²) in [6, 6.07) is 0. The Morgan fingerprint density at radius 2 is 1.33 bits per heavy atom. The largest absolute Gasteiger partial charge is 0.479 e. The van der Waals surface area contributed by atoms with E-state index in [2.05, 4.69) is 0 Å². The van der Waals surface area contributed by atoms with E-state index < -0.39 is 12.1 Å². The van der Waals surface area contributed by atoms with E-state index in [-0.39, 0.29) is 13.2 Å². The number of aliphatic hydroxyl groups excluding tert-OH is 3. The van der Waals surface area contributed by atoms with Crippen LogP contribution in [-0.2, 0) is 4.79 Å². The molecule has 4 N–H and O–H groups in total. The summed E-state index contributed by atoms with van der Waals surface area (Å²) < 4.78 is 0. The highest BCUT2D eigenvalue weighted by atomic mass is 16.4. The number of rotatable bonds is 1. The molecule has 12 heavy (non-hydrogen) atoms. The molecule has 0 amide bonds. The maximum absolute atomic E-state index is 9.45. The molecule has 0 aliphatic rings. The number of carbonyl (C=O) groups is 1. The van der Waals surface area contributed by atoms with Gasteiger partial charge >= 0.3 is 5.97 Å². The van der Waals surface area contributed by atoms with Crippen LogP contribution < -0.4 is 0 Å². The molecule has 0 saturated carbocycles. The number of hydrogen-bond donors (Lipinski definition) is 4. The minimum atomic E-state index is -1.23. The molecule has 0 aromatic rings. The molecule has 5 heteroatoms. The van der Waals surface area contributed by atoms with E-state index in [1.807, 2.05) is 0 Å². The molecule has 76 valence electrons. The molecule has 0 aromatic heterocycles. The average molecular weight is 182 g/mol. The van der Waals surface area contributed by atoms with Crippen molar-refractivity contribution >= 4 is 5.97 Å². The van der Waals surface area contributed by atoms with Gasteiger partial charge in [0, 0.05) is 13.2 Å². The molecule has 0 rings (SSSR count). The molecule has 0 aromatic carbocycles. The standard InChI is InChI=1S/C3H6O3.2C2H6O/c1-2(4)3(5)6;2*1-2-3/h2,4H,1H3,(H,5,6);2*3H,2H2,1H3. The number of carboxylic acids is 1. The minimum absolute atomic E-state index is 0.250. The summed E-state index contributed by atoms with van der Waals surface area (Å²) >= 11 is 0. The summed E-state index contributed by atoms with van der Waals surface area (Å²) in [5, 5.41) is 30.9. The lowest BCUT2D eigenvalue weighted by Crippen LogP contribution is -2.13. The molecule has 0 spiro atoms. The molecule has 0 radical (unpaired) electrons. The Labute approximate surface area is 72.3 Å². The molecule has 0 fully saturated rings. The Kier molecular flexibility index (Phi) is 24.3. The van der Waals surface area contributed by atoms with Crippen LogP contribution in [0.4, 0.5) is 0 Å². The molecule has 0 heterocycles. The zero-order valence-electron chi connectivity index (χ0n) is 7.69. The maximum Gasteiger partial charge on any atom is 0.332 e. The van der Waals surface area contributed by atoms with E-state index in [4.69, 9.17) is 20.4 Å². The van der Waals surface area contributed by atoms with Crippen LogP contribution in [0.1, 0.15) is 20.8 Å². The van der Waals surface area contributed by atoms with E-state index in [9.17, 15) is 4.79 Å². The second-order valence-electron chi connectivity index (χ2n) is 1.65. The van der Waals surface area contributed by atoms with Gasteiger partial charge in [0.05, 0.1) is 0 Å². The van der Waals surface area contributed by atoms with Crippen molar-refractivity contribution in [2.45, 2.75) is 26.9 Å². The van der Waals surface area contributed by atoms with Crippen LogP contribution in [-0.4, -0.2) is 45.7 Å². The van der Waals surface area contributed by atoms with Gasteiger partial charge in [-0.3, -0.25) is 0 Å². The van der Waals surface area contributed by atoms with Gasteiger partial charge in [0.15, 0.2) is 0 Å². The summed E-state index contributed by atoms with van der Waals surface area (Å²) in [7, 11) is 0. The van der Waals surface area contributed by atoms with Crippen LogP contribution in [0, 0.1) is 0 Å². The first-order chi connectivity index (χ1) is 5.47. The van der Waals surface area contributed by atoms with E-state index in [1.54, 1.807) is 13.8 Å². The quantitative estimate of drug-likeness (QED) is 0.436. The normalized spacial score (nSPS) is 9.83. The van der Waals surface area contributed by atoms with Crippen molar-refractivity contribution < 1.29 is 25.2 Å². The van der Waals surface area contributed by atoms with Gasteiger partial charge in [-0.1, -0.05) is 0 Å². The van der Waals surface area contributed by atoms with Crippen molar-refractivity contribution in [1.29, 1.82) is 0 Å². The Bertz CT molecular complexity index is 79.9. The Hall–Kier alpha value is -0.650. The number of aliphatic hydroxyl groups is 3. The lowest BCUT2D eigenvalue weighted by atomic mass is 10.4. The number of carboxylic acid groups (broad SMARTS) is 1. The predicted molar refractivity (Wildman–Crippen MR) is 44.8 cm³/mol. The summed E-state index contributed by atoms with van der Waals surface area (Å²) in [5.41, 5.74) is 0. The van der Waals surface area contributed by atoms with E-state index >= 15 is 0 Å². The van der Waals surface area contributed by atoms with Crippen LogP contribution in [0.2, 0.25) is 0 Å². The van der Waals surface area contributed by atoms with E-state index in [1.165, 1.54) is 6.92 Å². The fourth-order valence-electron chi connectivity index (χ4n) is 0. The third-order valence-electron chi connectivity index (χ3n) is 0.357. The van der Waals surface area contributed by atoms with Gasteiger partial charge in [0.2, 0.25) is 0 Å². The van der Waals surface area contributed by atoms with Crippen molar-refractivity contribution in [2.75, 3.05) is 13.2 Å². The molecule has 1 unspecified atom stereocenters. The molecule has 5 nitrogen and oxygen atoms in total. The first-order valence-electron chi connectivity index (χ1n) is 3.60. The summed E-state index contributed by atoms with van der Waals surface area (Å²) in [4.78, 5) is 9.45. The van der Waals surface area contributed by atoms with Crippen LogP contribution in [0.5, 0.6) is 0 Å². The van der Waals surface area contributed by atoms with Gasteiger partial charge in [-0.15, -0.1) is 0 Å². The molecule has 0 aliphatic heterocycles. The molecular weight excluding hydrogens is 164 g/mol. The first-order valence-corrected chi connectivity index (χ1v) is 3.60. The van der Waals surface area contributed by atoms with E-state index in [0.29, 0.717) is 0 Å². The third-order valence-corrected chi connectivity index (χ3v) is 0.357. The van der Waals surface area contributed by atoms with Crippen LogP contribution in [0.15, 0.2) is 0 Å². The highest BCUT2D eigenvalue weighted by molar-refractivity contribution is 5.71. The Morgan fingerprint density at radius 1 is 1.25 bits per heavy atom. The van der Waals surface area contributed by atoms with Crippen molar-refractivity contribution in [1.82, 2.24) is 0 Å². The van der Waals surface area contributed by atoms with Crippen molar-refractivity contribution in [3.8, 4) is 0 Å². The zero-order chi connectivity index (χ0) is 10.6. The van der Waals surface area contributed by atoms with Gasteiger partial charge < -0.3 is 20.4 Å². The minimum Gasteiger partial charge on any atom is -0.479 e. The summed E-state index contributed by atoms with van der Waals surface area (Å²) in [6.45, 7) is 5.06. The average Bonchev–Trinajstić information content (AvgIpc) is 1.90. The molecule has 0 saturated heterocycles. The van der Waals surface area contributed by atoms with Gasteiger partial charge in [-0.25, -0.2) is 4.79 Å². The van der Waals surface area contributed by atoms with E-state index in [0.717, 1.165) is 0 Å². The van der Waals surface area contributed by atoms with Crippen molar-refractivity contribution in [3.05, 3.63) is 0 Å². The van der Waals surface area contributed by atoms with Crippen molar-refractivity contribution in [3.63, 3.8) is 0 Å². The lowest BCUT2D eigenvalue weighted by Gasteiger charge is -1.89. The van der Waals surface area contributed by atoms with Gasteiger partial charge in [-0.05, 0) is 20.8 Å². The monoisotopic (exact) mass is 182 g/mol. The second-order valence-corrected chi connectivity index (χ2v) is 1.65. The smallest absolute Gasteiger partial charge is 0.332 e. The van der Waals surface area contributed by atoms with Crippen LogP contribution in [0.25, 0.3) is 0 Å². The Balaban J connectivity index is -0.000000115. The van der Waals surface area contributed by atoms with Gasteiger partial charge in [0.1, 0.15) is 6.10 Å². The highest BCUT2D eigenvalue weighted by Gasteiger charge is 2.01. The van der Waals surface area contributed by atoms with Crippen molar-refractivity contribution in [2.24, 2.45) is 0 Å². The fraction of sp³-hybridized carbons (Fsp3) is 0.857. The number of hydrogen-bond acceptors (Lipinski definition) is 4. The molecule has 0 aliphatic carbocycles. The third kappa shape index (κ3) is 58.1. The van der Waals surface area contributed by atoms with Crippen LogP contribution in [0.3, 0.4) is 0 Å². The molecule has 1 atom stereocenters. The van der Waals surface area contributed by atoms with Gasteiger partial charge in [0.25, 0.3) is 0 Å². The maximum atomic E-state index is 9.45. The number of aliphatic carboxylic acids is 1.